The van der Waals surface area contributed by atoms with Crippen molar-refractivity contribution in [2.24, 2.45) is 5.92 Å². The number of nitrogens with one attached hydrogen (secondary N) is 1. The lowest BCUT2D eigenvalue weighted by atomic mass is 10.2. The molecule has 3 rings (SSSR count). The fourth-order valence-electron chi connectivity index (χ4n) is 2.76. The Hall–Kier alpha value is -1.07. The molecule has 2 aliphatic rings. The minimum absolute atomic E-state index is 0.106. The Morgan fingerprint density at radius 3 is 2.90 bits per heavy atom. The van der Waals surface area contributed by atoms with Crippen LogP contribution in [0.3, 0.4) is 0 Å². The predicted molar refractivity (Wildman–Crippen MR) is 78.3 cm³/mol. The van der Waals surface area contributed by atoms with Crippen molar-refractivity contribution in [1.29, 1.82) is 0 Å². The fourth-order valence-corrected chi connectivity index (χ4v) is 2.94. The highest BCUT2D eigenvalue weighted by molar-refractivity contribution is 6.33. The third kappa shape index (κ3) is 2.99. The zero-order valence-electron chi connectivity index (χ0n) is 11.6. The Kier molecular flexibility index (Phi) is 3.98. The lowest BCUT2D eigenvalue weighted by molar-refractivity contribution is 0.108. The van der Waals surface area contributed by atoms with E-state index in [4.69, 9.17) is 16.3 Å². The molecule has 0 bridgehead atoms. The molecule has 1 aromatic heterocycles. The topological polar surface area (TPSA) is 56.1 Å². The Morgan fingerprint density at radius 1 is 1.45 bits per heavy atom. The van der Waals surface area contributed by atoms with Crippen LogP contribution in [0.15, 0.2) is 11.0 Å². The first-order valence-corrected chi connectivity index (χ1v) is 7.60. The molecule has 2 atom stereocenters. The summed E-state index contributed by atoms with van der Waals surface area (Å²) in [6.45, 7) is 0.704. The number of aromatic nitrogens is 2. The standard InChI is InChI=1S/C14H20ClN3O2/c1-20-11-5-4-10(6-11)17-13-12(15)7-16-18(14(13)19)8-9-2-3-9/h7,9-11,17H,2-6,8H2,1H3. The molecule has 2 aliphatic carbocycles. The third-order valence-electron chi connectivity index (χ3n) is 4.19. The van der Waals surface area contributed by atoms with Crippen LogP contribution in [0.4, 0.5) is 5.69 Å². The van der Waals surface area contributed by atoms with Crippen LogP contribution in [-0.4, -0.2) is 29.0 Å². The second-order valence-electron chi connectivity index (χ2n) is 5.81. The van der Waals surface area contributed by atoms with Crippen molar-refractivity contribution in [2.45, 2.75) is 50.8 Å². The van der Waals surface area contributed by atoms with Gasteiger partial charge in [-0.15, -0.1) is 0 Å². The summed E-state index contributed by atoms with van der Waals surface area (Å²) >= 11 is 6.13. The van der Waals surface area contributed by atoms with Crippen LogP contribution in [0.2, 0.25) is 5.02 Å². The molecule has 1 heterocycles. The van der Waals surface area contributed by atoms with Gasteiger partial charge < -0.3 is 10.1 Å². The summed E-state index contributed by atoms with van der Waals surface area (Å²) in [7, 11) is 1.73. The van der Waals surface area contributed by atoms with Gasteiger partial charge >= 0.3 is 0 Å². The van der Waals surface area contributed by atoms with Gasteiger partial charge in [-0.05, 0) is 38.0 Å². The van der Waals surface area contributed by atoms with Crippen LogP contribution < -0.4 is 10.9 Å². The van der Waals surface area contributed by atoms with E-state index in [-0.39, 0.29) is 17.7 Å². The van der Waals surface area contributed by atoms with Gasteiger partial charge in [0.25, 0.3) is 5.56 Å². The van der Waals surface area contributed by atoms with Gasteiger partial charge in [-0.1, -0.05) is 11.6 Å². The highest BCUT2D eigenvalue weighted by Gasteiger charge is 2.27. The summed E-state index contributed by atoms with van der Waals surface area (Å²) in [5.74, 6) is 0.610. The summed E-state index contributed by atoms with van der Waals surface area (Å²) in [5, 5.41) is 7.83. The maximum absolute atomic E-state index is 12.4. The van der Waals surface area contributed by atoms with Gasteiger partial charge in [0, 0.05) is 19.7 Å². The van der Waals surface area contributed by atoms with E-state index < -0.39 is 0 Å². The van der Waals surface area contributed by atoms with Gasteiger partial charge in [0.2, 0.25) is 0 Å². The molecule has 2 fully saturated rings. The summed E-state index contributed by atoms with van der Waals surface area (Å²) in [6, 6.07) is 0.252. The molecule has 0 aliphatic heterocycles. The van der Waals surface area contributed by atoms with Crippen molar-refractivity contribution < 1.29 is 4.74 Å². The van der Waals surface area contributed by atoms with Crippen LogP contribution in [0, 0.1) is 5.92 Å². The lowest BCUT2D eigenvalue weighted by Crippen LogP contribution is -2.29. The number of anilines is 1. The van der Waals surface area contributed by atoms with E-state index in [0.717, 1.165) is 19.3 Å². The number of rotatable bonds is 5. The Labute approximate surface area is 123 Å². The van der Waals surface area contributed by atoms with Gasteiger partial charge in [0.1, 0.15) is 5.69 Å². The minimum Gasteiger partial charge on any atom is -0.381 e. The summed E-state index contributed by atoms with van der Waals surface area (Å²) in [4.78, 5) is 12.4. The quantitative estimate of drug-likeness (QED) is 0.906. The number of hydrogen-bond acceptors (Lipinski definition) is 4. The molecule has 0 spiro atoms. The minimum atomic E-state index is -0.106. The monoisotopic (exact) mass is 297 g/mol. The average Bonchev–Trinajstić information content (AvgIpc) is 3.14. The van der Waals surface area contributed by atoms with E-state index in [1.54, 1.807) is 13.3 Å². The molecule has 0 aromatic carbocycles. The molecule has 2 saturated carbocycles. The van der Waals surface area contributed by atoms with Crippen LogP contribution >= 0.6 is 11.6 Å². The second kappa shape index (κ2) is 5.74. The van der Waals surface area contributed by atoms with E-state index in [1.165, 1.54) is 17.5 Å². The van der Waals surface area contributed by atoms with E-state index in [1.807, 2.05) is 0 Å². The van der Waals surface area contributed by atoms with Crippen LogP contribution in [0.1, 0.15) is 32.1 Å². The molecule has 1 N–H and O–H groups in total. The first-order valence-electron chi connectivity index (χ1n) is 7.22. The molecule has 5 nitrogen and oxygen atoms in total. The van der Waals surface area contributed by atoms with E-state index in [0.29, 0.717) is 23.2 Å². The average molecular weight is 298 g/mol. The molecular weight excluding hydrogens is 278 g/mol. The zero-order valence-corrected chi connectivity index (χ0v) is 12.4. The molecule has 6 heteroatoms. The van der Waals surface area contributed by atoms with Gasteiger partial charge in [-0.2, -0.15) is 5.10 Å². The normalized spacial score (nSPS) is 25.9. The van der Waals surface area contributed by atoms with Gasteiger partial charge in [0.15, 0.2) is 0 Å². The van der Waals surface area contributed by atoms with Crippen molar-refractivity contribution >= 4 is 17.3 Å². The molecular formula is C14H20ClN3O2. The maximum Gasteiger partial charge on any atom is 0.291 e. The van der Waals surface area contributed by atoms with Gasteiger partial charge in [-0.3, -0.25) is 4.79 Å². The van der Waals surface area contributed by atoms with E-state index in [9.17, 15) is 4.79 Å². The van der Waals surface area contributed by atoms with E-state index in [2.05, 4.69) is 10.4 Å². The highest BCUT2D eigenvalue weighted by atomic mass is 35.5. The summed E-state index contributed by atoms with van der Waals surface area (Å²) < 4.78 is 6.89. The maximum atomic E-state index is 12.4. The summed E-state index contributed by atoms with van der Waals surface area (Å²) in [5.41, 5.74) is 0.384. The van der Waals surface area contributed by atoms with Crippen molar-refractivity contribution in [3.05, 3.63) is 21.6 Å². The number of nitrogens with zero attached hydrogens (tertiary/aromatic N) is 2. The number of methoxy groups -OCH3 is 1. The lowest BCUT2D eigenvalue weighted by Gasteiger charge is -2.16. The Balaban J connectivity index is 1.76. The predicted octanol–water partition coefficient (Wildman–Crippen LogP) is 2.29. The summed E-state index contributed by atoms with van der Waals surface area (Å²) in [6.07, 6.45) is 7.16. The molecule has 110 valence electrons. The molecule has 0 saturated heterocycles. The van der Waals surface area contributed by atoms with Gasteiger partial charge in [0.05, 0.1) is 17.3 Å². The van der Waals surface area contributed by atoms with E-state index >= 15 is 0 Å². The Bertz CT molecular complexity index is 542. The third-order valence-corrected chi connectivity index (χ3v) is 4.48. The van der Waals surface area contributed by atoms with Crippen LogP contribution in [-0.2, 0) is 11.3 Å². The molecule has 1 aromatic rings. The van der Waals surface area contributed by atoms with Gasteiger partial charge in [-0.25, -0.2) is 4.68 Å². The Morgan fingerprint density at radius 2 is 2.25 bits per heavy atom. The van der Waals surface area contributed by atoms with Crippen LogP contribution in [0.5, 0.6) is 0 Å². The molecule has 0 radical (unpaired) electrons. The molecule has 0 amide bonds. The SMILES string of the molecule is COC1CCC(Nc2c(Cl)cnn(CC3CC3)c2=O)C1. The molecule has 2 unspecified atom stereocenters. The van der Waals surface area contributed by atoms with Crippen molar-refractivity contribution in [2.75, 3.05) is 12.4 Å². The number of ether oxygens (including phenoxy) is 1. The largest absolute Gasteiger partial charge is 0.381 e. The fraction of sp³-hybridized carbons (Fsp3) is 0.714. The van der Waals surface area contributed by atoms with Crippen molar-refractivity contribution in [1.82, 2.24) is 9.78 Å². The highest BCUT2D eigenvalue weighted by Crippen LogP contribution is 2.30. The first-order chi connectivity index (χ1) is 9.67. The molecule has 20 heavy (non-hydrogen) atoms. The van der Waals surface area contributed by atoms with Crippen LogP contribution in [0.25, 0.3) is 0 Å². The van der Waals surface area contributed by atoms with Crippen molar-refractivity contribution in [3.63, 3.8) is 0 Å². The first kappa shape index (κ1) is 13.9. The smallest absolute Gasteiger partial charge is 0.291 e. The number of halogens is 1. The number of hydrogen-bond donors (Lipinski definition) is 1. The van der Waals surface area contributed by atoms with Crippen molar-refractivity contribution in [3.8, 4) is 0 Å². The second-order valence-corrected chi connectivity index (χ2v) is 6.22. The zero-order chi connectivity index (χ0) is 14.1.